The van der Waals surface area contributed by atoms with Crippen molar-refractivity contribution in [2.75, 3.05) is 33.2 Å². The van der Waals surface area contributed by atoms with Crippen LogP contribution in [0.3, 0.4) is 0 Å². The van der Waals surface area contributed by atoms with Crippen LogP contribution in [0.1, 0.15) is 63.5 Å². The number of nitrogens with zero attached hydrogens (tertiary/aromatic N) is 2. The fourth-order valence-electron chi connectivity index (χ4n) is 5.57. The zero-order valence-corrected chi connectivity index (χ0v) is 23.4. The Hall–Kier alpha value is -1.93. The van der Waals surface area contributed by atoms with Gasteiger partial charge < -0.3 is 24.6 Å². The number of benzene rings is 1. The Morgan fingerprint density at radius 1 is 1.17 bits per heavy atom. The lowest BCUT2D eigenvalue weighted by molar-refractivity contribution is -0.193. The average Bonchev–Trinajstić information content (AvgIpc) is 3.40. The lowest BCUT2D eigenvalue weighted by Crippen LogP contribution is -2.63. The maximum absolute atomic E-state index is 12.6. The first-order chi connectivity index (χ1) is 17.3. The highest BCUT2D eigenvalue weighted by Crippen LogP contribution is 2.35. The Morgan fingerprint density at radius 3 is 2.58 bits per heavy atom. The van der Waals surface area contributed by atoms with Gasteiger partial charge in [-0.25, -0.2) is 0 Å². The fraction of sp³-hybridized carbons (Fsp3) is 0.621. The number of likely N-dealkylation sites (tertiary alicyclic amines) is 1. The molecule has 1 spiro atoms. The maximum atomic E-state index is 12.6. The zero-order valence-electron chi connectivity index (χ0n) is 22.5. The first kappa shape index (κ1) is 27.1. The molecule has 0 saturated carbocycles. The van der Waals surface area contributed by atoms with Gasteiger partial charge in [-0.1, -0.05) is 24.3 Å². The number of morpholine rings is 1. The van der Waals surface area contributed by atoms with Crippen LogP contribution in [-0.4, -0.2) is 72.7 Å². The molecule has 198 valence electrons. The van der Waals surface area contributed by atoms with Crippen molar-refractivity contribution < 1.29 is 14.3 Å². The van der Waals surface area contributed by atoms with E-state index in [0.29, 0.717) is 12.6 Å². The number of para-hydroxylation sites is 1. The second-order valence-corrected chi connectivity index (χ2v) is 11.7. The molecular formula is C29H43N3O3S. The maximum Gasteiger partial charge on any atom is 0.251 e. The minimum atomic E-state index is -0.353. The van der Waals surface area contributed by atoms with Gasteiger partial charge in [0.05, 0.1) is 12.1 Å². The summed E-state index contributed by atoms with van der Waals surface area (Å²) < 4.78 is 13.0. The fourth-order valence-corrected chi connectivity index (χ4v) is 6.36. The SMILES string of the molecule is CNCC[C@@H](Oc1ccccc1C[C@@H](C)N1CCC2(CC1)CN(C(C)C)C(=O)[C@@H](C)O2)c1cccs1. The normalized spacial score (nSPS) is 22.2. The highest BCUT2D eigenvalue weighted by molar-refractivity contribution is 7.10. The van der Waals surface area contributed by atoms with E-state index < -0.39 is 0 Å². The largest absolute Gasteiger partial charge is 0.485 e. The number of piperidine rings is 1. The average molecular weight is 514 g/mol. The van der Waals surface area contributed by atoms with Crippen LogP contribution in [0.4, 0.5) is 0 Å². The quantitative estimate of drug-likeness (QED) is 0.490. The first-order valence-corrected chi connectivity index (χ1v) is 14.3. The smallest absolute Gasteiger partial charge is 0.251 e. The molecule has 0 radical (unpaired) electrons. The van der Waals surface area contributed by atoms with Crippen LogP contribution in [0, 0.1) is 0 Å². The van der Waals surface area contributed by atoms with Crippen LogP contribution >= 0.6 is 11.3 Å². The Bertz CT molecular complexity index is 972. The molecule has 2 aliphatic heterocycles. The zero-order chi connectivity index (χ0) is 25.7. The molecule has 7 heteroatoms. The molecule has 2 aliphatic rings. The van der Waals surface area contributed by atoms with E-state index in [-0.39, 0.29) is 29.8 Å². The molecule has 2 saturated heterocycles. The van der Waals surface area contributed by atoms with Gasteiger partial charge in [-0.2, -0.15) is 0 Å². The van der Waals surface area contributed by atoms with Crippen LogP contribution < -0.4 is 10.1 Å². The summed E-state index contributed by atoms with van der Waals surface area (Å²) in [5.41, 5.74) is 1.05. The minimum Gasteiger partial charge on any atom is -0.485 e. The van der Waals surface area contributed by atoms with Gasteiger partial charge in [0.15, 0.2) is 0 Å². The molecule has 0 unspecified atom stereocenters. The molecule has 1 aromatic heterocycles. The van der Waals surface area contributed by atoms with E-state index in [0.717, 1.165) is 51.1 Å². The number of hydrogen-bond donors (Lipinski definition) is 1. The number of carbonyl (C=O) groups excluding carboxylic acids is 1. The second-order valence-electron chi connectivity index (χ2n) is 10.7. The Balaban J connectivity index is 1.39. The standard InChI is InChI=1S/C29H43N3O3S/c1-21(2)32-20-29(35-23(4)28(32)33)13-16-31(17-14-29)22(3)19-24-9-6-7-10-25(24)34-26(12-15-30-5)27-11-8-18-36-27/h6-11,18,21-23,26,30H,12-17,19-20H2,1-5H3/t22-,23-,26-/m1/s1. The molecule has 6 nitrogen and oxygen atoms in total. The molecule has 2 fully saturated rings. The van der Waals surface area contributed by atoms with Crippen molar-refractivity contribution in [1.82, 2.24) is 15.1 Å². The number of thiophene rings is 1. The van der Waals surface area contributed by atoms with Crippen LogP contribution in [0.15, 0.2) is 41.8 Å². The van der Waals surface area contributed by atoms with E-state index in [2.05, 4.69) is 72.8 Å². The van der Waals surface area contributed by atoms with Gasteiger partial charge in [-0.05, 0) is 83.6 Å². The Morgan fingerprint density at radius 2 is 1.92 bits per heavy atom. The van der Waals surface area contributed by atoms with Crippen molar-refractivity contribution in [3.8, 4) is 5.75 Å². The van der Waals surface area contributed by atoms with Gasteiger partial charge in [0.25, 0.3) is 5.91 Å². The lowest BCUT2D eigenvalue weighted by Gasteiger charge is -2.50. The first-order valence-electron chi connectivity index (χ1n) is 13.5. The monoisotopic (exact) mass is 513 g/mol. The van der Waals surface area contributed by atoms with Crippen LogP contribution in [0.2, 0.25) is 0 Å². The summed E-state index contributed by atoms with van der Waals surface area (Å²) in [6.07, 6.45) is 3.50. The topological polar surface area (TPSA) is 54.0 Å². The summed E-state index contributed by atoms with van der Waals surface area (Å²) >= 11 is 1.76. The molecule has 3 atom stereocenters. The summed E-state index contributed by atoms with van der Waals surface area (Å²) in [6.45, 7) is 12.0. The molecule has 3 heterocycles. The number of rotatable bonds is 10. The van der Waals surface area contributed by atoms with E-state index in [1.165, 1.54) is 10.4 Å². The van der Waals surface area contributed by atoms with Gasteiger partial charge in [0.1, 0.15) is 18.0 Å². The molecule has 2 aromatic rings. The Labute approximate surface area is 221 Å². The molecule has 1 amide bonds. The molecule has 0 aliphatic carbocycles. The third-order valence-electron chi connectivity index (χ3n) is 7.75. The Kier molecular flexibility index (Phi) is 9.10. The highest BCUT2D eigenvalue weighted by atomic mass is 32.1. The molecule has 4 rings (SSSR count). The second kappa shape index (κ2) is 12.1. The number of hydrogen-bond acceptors (Lipinski definition) is 6. The van der Waals surface area contributed by atoms with Gasteiger partial charge in [0, 0.05) is 36.5 Å². The van der Waals surface area contributed by atoms with E-state index in [1.54, 1.807) is 11.3 Å². The molecule has 36 heavy (non-hydrogen) atoms. The molecule has 1 N–H and O–H groups in total. The van der Waals surface area contributed by atoms with Crippen molar-refractivity contribution in [3.63, 3.8) is 0 Å². The summed E-state index contributed by atoms with van der Waals surface area (Å²) in [7, 11) is 1.99. The predicted octanol–water partition coefficient (Wildman–Crippen LogP) is 4.90. The van der Waals surface area contributed by atoms with Crippen molar-refractivity contribution in [3.05, 3.63) is 52.2 Å². The highest BCUT2D eigenvalue weighted by Gasteiger charge is 2.46. The number of ether oxygens (including phenoxy) is 2. The van der Waals surface area contributed by atoms with Gasteiger partial charge in [0.2, 0.25) is 0 Å². The number of nitrogens with one attached hydrogen (secondary N) is 1. The van der Waals surface area contributed by atoms with Crippen molar-refractivity contribution in [2.45, 2.75) is 83.3 Å². The third kappa shape index (κ3) is 6.31. The van der Waals surface area contributed by atoms with Crippen molar-refractivity contribution >= 4 is 17.2 Å². The van der Waals surface area contributed by atoms with Gasteiger partial charge in [-0.3, -0.25) is 4.79 Å². The number of carbonyl (C=O) groups is 1. The third-order valence-corrected chi connectivity index (χ3v) is 8.71. The van der Waals surface area contributed by atoms with E-state index in [4.69, 9.17) is 9.47 Å². The lowest BCUT2D eigenvalue weighted by atomic mass is 9.87. The van der Waals surface area contributed by atoms with E-state index in [1.807, 2.05) is 18.9 Å². The van der Waals surface area contributed by atoms with E-state index >= 15 is 0 Å². The van der Waals surface area contributed by atoms with Crippen molar-refractivity contribution in [1.29, 1.82) is 0 Å². The van der Waals surface area contributed by atoms with Crippen LogP contribution in [0.25, 0.3) is 0 Å². The van der Waals surface area contributed by atoms with Gasteiger partial charge in [-0.15, -0.1) is 11.3 Å². The summed E-state index contributed by atoms with van der Waals surface area (Å²) in [5.74, 6) is 1.11. The van der Waals surface area contributed by atoms with Crippen LogP contribution in [0.5, 0.6) is 5.75 Å². The van der Waals surface area contributed by atoms with Gasteiger partial charge >= 0.3 is 0 Å². The number of amides is 1. The minimum absolute atomic E-state index is 0.0563. The van der Waals surface area contributed by atoms with Crippen LogP contribution in [-0.2, 0) is 16.0 Å². The molecular weight excluding hydrogens is 470 g/mol. The molecule has 0 bridgehead atoms. The molecule has 1 aromatic carbocycles. The summed E-state index contributed by atoms with van der Waals surface area (Å²) in [4.78, 5) is 18.4. The van der Waals surface area contributed by atoms with E-state index in [9.17, 15) is 4.79 Å². The van der Waals surface area contributed by atoms with Crippen molar-refractivity contribution in [2.24, 2.45) is 0 Å². The summed E-state index contributed by atoms with van der Waals surface area (Å²) in [5, 5.41) is 5.38. The predicted molar refractivity (Wildman–Crippen MR) is 147 cm³/mol. The summed E-state index contributed by atoms with van der Waals surface area (Å²) in [6, 6.07) is 13.4.